The number of nitrogens with zero attached hydrogens (tertiary/aromatic N) is 1. The molecule has 0 fully saturated rings. The van der Waals surface area contributed by atoms with Crippen LogP contribution >= 0.6 is 22.9 Å². The number of carbonyl (C=O) groups is 1. The van der Waals surface area contributed by atoms with Crippen LogP contribution in [0.2, 0.25) is 5.02 Å². The lowest BCUT2D eigenvalue weighted by atomic mass is 10.1. The second kappa shape index (κ2) is 8.85. The molecule has 1 aromatic heterocycles. The van der Waals surface area contributed by atoms with E-state index in [0.717, 1.165) is 48.2 Å². The fraction of sp³-hybridized carbons (Fsp3) is 0.364. The van der Waals surface area contributed by atoms with Crippen molar-refractivity contribution in [3.05, 3.63) is 57.2 Å². The van der Waals surface area contributed by atoms with Crippen molar-refractivity contribution in [3.63, 3.8) is 0 Å². The number of amides is 1. The summed E-state index contributed by atoms with van der Waals surface area (Å²) in [4.78, 5) is 27.9. The highest BCUT2D eigenvalue weighted by atomic mass is 35.5. The molecule has 0 bridgehead atoms. The zero-order valence-corrected chi connectivity index (χ0v) is 17.3. The monoisotopic (exact) mass is 401 g/mol. The van der Waals surface area contributed by atoms with E-state index >= 15 is 0 Å². The molecule has 27 heavy (non-hydrogen) atoms. The van der Waals surface area contributed by atoms with Crippen LogP contribution in [-0.4, -0.2) is 23.9 Å². The van der Waals surface area contributed by atoms with E-state index in [1.807, 2.05) is 23.1 Å². The van der Waals surface area contributed by atoms with Gasteiger partial charge < -0.3 is 4.90 Å². The van der Waals surface area contributed by atoms with Crippen LogP contribution < -0.4 is 5.43 Å². The Labute approximate surface area is 168 Å². The van der Waals surface area contributed by atoms with Gasteiger partial charge in [-0.05, 0) is 49.2 Å². The Balaban J connectivity index is 2.02. The highest BCUT2D eigenvalue weighted by molar-refractivity contribution is 7.24. The van der Waals surface area contributed by atoms with E-state index in [1.165, 1.54) is 11.3 Å². The zero-order chi connectivity index (χ0) is 19.4. The standard InChI is InChI=1S/C22H24ClNO2S/c1-3-5-11-24(12-6-4-2)22(26)15-7-10-19-18(13-15)21(25)17-9-8-16(23)14-20(17)27-19/h7-10,13-14H,3-6,11-12H2,1-2H3. The molecule has 1 heterocycles. The molecule has 0 atom stereocenters. The lowest BCUT2D eigenvalue weighted by Gasteiger charge is -2.22. The van der Waals surface area contributed by atoms with Gasteiger partial charge in [-0.15, -0.1) is 11.3 Å². The molecule has 3 rings (SSSR count). The minimum Gasteiger partial charge on any atom is -0.339 e. The first-order valence-corrected chi connectivity index (χ1v) is 10.7. The van der Waals surface area contributed by atoms with E-state index in [9.17, 15) is 9.59 Å². The smallest absolute Gasteiger partial charge is 0.253 e. The molecule has 0 aliphatic rings. The summed E-state index contributed by atoms with van der Waals surface area (Å²) in [6.07, 6.45) is 4.08. The van der Waals surface area contributed by atoms with E-state index in [4.69, 9.17) is 11.6 Å². The highest BCUT2D eigenvalue weighted by Gasteiger charge is 2.16. The molecule has 0 aliphatic heterocycles. The lowest BCUT2D eigenvalue weighted by Crippen LogP contribution is -2.33. The van der Waals surface area contributed by atoms with Gasteiger partial charge in [-0.2, -0.15) is 0 Å². The fourth-order valence-electron chi connectivity index (χ4n) is 3.16. The first-order valence-electron chi connectivity index (χ1n) is 9.50. The third-order valence-electron chi connectivity index (χ3n) is 4.73. The van der Waals surface area contributed by atoms with Crippen molar-refractivity contribution >= 4 is 49.0 Å². The number of rotatable bonds is 7. The van der Waals surface area contributed by atoms with Crippen LogP contribution in [0.15, 0.2) is 41.2 Å². The molecule has 3 aromatic rings. The van der Waals surface area contributed by atoms with E-state index < -0.39 is 0 Å². The topological polar surface area (TPSA) is 37.4 Å². The minimum absolute atomic E-state index is 0.0133. The molecule has 142 valence electrons. The van der Waals surface area contributed by atoms with Crippen molar-refractivity contribution < 1.29 is 4.79 Å². The maximum atomic E-state index is 13.0. The van der Waals surface area contributed by atoms with Crippen molar-refractivity contribution in [2.75, 3.05) is 13.1 Å². The number of carbonyl (C=O) groups excluding carboxylic acids is 1. The summed E-state index contributed by atoms with van der Waals surface area (Å²) in [5, 5.41) is 1.87. The molecule has 0 radical (unpaired) electrons. The number of hydrogen-bond acceptors (Lipinski definition) is 3. The third-order valence-corrected chi connectivity index (χ3v) is 6.10. The quantitative estimate of drug-likeness (QED) is 0.448. The third kappa shape index (κ3) is 4.33. The van der Waals surface area contributed by atoms with Crippen molar-refractivity contribution in [1.29, 1.82) is 0 Å². The van der Waals surface area contributed by atoms with Crippen LogP contribution in [0.1, 0.15) is 49.9 Å². The van der Waals surface area contributed by atoms with Crippen molar-refractivity contribution in [2.24, 2.45) is 0 Å². The first-order chi connectivity index (χ1) is 13.0. The number of benzene rings is 2. The van der Waals surface area contributed by atoms with Gasteiger partial charge in [-0.3, -0.25) is 9.59 Å². The van der Waals surface area contributed by atoms with Crippen molar-refractivity contribution in [2.45, 2.75) is 39.5 Å². The Morgan fingerprint density at radius 3 is 2.33 bits per heavy atom. The zero-order valence-electron chi connectivity index (χ0n) is 15.8. The lowest BCUT2D eigenvalue weighted by molar-refractivity contribution is 0.0751. The van der Waals surface area contributed by atoms with Crippen LogP contribution in [0.3, 0.4) is 0 Å². The van der Waals surface area contributed by atoms with Gasteiger partial charge in [0.15, 0.2) is 5.43 Å². The Kier molecular flexibility index (Phi) is 6.51. The van der Waals surface area contributed by atoms with Crippen LogP contribution in [0.4, 0.5) is 0 Å². The summed E-state index contributed by atoms with van der Waals surface area (Å²) >= 11 is 7.59. The normalized spacial score (nSPS) is 11.2. The molecule has 0 aliphatic carbocycles. The van der Waals surface area contributed by atoms with E-state index in [1.54, 1.807) is 18.2 Å². The molecule has 5 heteroatoms. The van der Waals surface area contributed by atoms with Gasteiger partial charge in [0.25, 0.3) is 5.91 Å². The van der Waals surface area contributed by atoms with Gasteiger partial charge in [0.05, 0.1) is 0 Å². The summed E-state index contributed by atoms with van der Waals surface area (Å²) in [5.41, 5.74) is 0.547. The number of hydrogen-bond donors (Lipinski definition) is 0. The summed E-state index contributed by atoms with van der Waals surface area (Å²) in [7, 11) is 0. The highest BCUT2D eigenvalue weighted by Crippen LogP contribution is 2.27. The molecular weight excluding hydrogens is 378 g/mol. The first kappa shape index (κ1) is 19.8. The summed E-state index contributed by atoms with van der Waals surface area (Å²) in [6.45, 7) is 5.77. The fourth-order valence-corrected chi connectivity index (χ4v) is 4.48. The molecule has 0 N–H and O–H groups in total. The predicted molar refractivity (Wildman–Crippen MR) is 116 cm³/mol. The Bertz CT molecular complexity index is 1020. The molecule has 0 unspecified atom stereocenters. The number of unbranched alkanes of at least 4 members (excludes halogenated alkanes) is 2. The number of fused-ring (bicyclic) bond motifs is 2. The summed E-state index contributed by atoms with van der Waals surface area (Å²) in [6, 6.07) is 10.8. The average molecular weight is 402 g/mol. The van der Waals surface area contributed by atoms with Gasteiger partial charge in [-0.1, -0.05) is 38.3 Å². The Morgan fingerprint density at radius 2 is 1.67 bits per heavy atom. The van der Waals surface area contributed by atoms with Crippen LogP contribution in [0.25, 0.3) is 20.2 Å². The molecule has 0 spiro atoms. The molecule has 0 saturated heterocycles. The van der Waals surface area contributed by atoms with E-state index in [0.29, 0.717) is 21.4 Å². The van der Waals surface area contributed by atoms with Crippen molar-refractivity contribution in [3.8, 4) is 0 Å². The SMILES string of the molecule is CCCCN(CCCC)C(=O)c1ccc2sc3cc(Cl)ccc3c(=O)c2c1. The maximum Gasteiger partial charge on any atom is 0.253 e. The summed E-state index contributed by atoms with van der Waals surface area (Å²) < 4.78 is 1.74. The largest absolute Gasteiger partial charge is 0.339 e. The van der Waals surface area contributed by atoms with E-state index in [-0.39, 0.29) is 11.3 Å². The Morgan fingerprint density at radius 1 is 0.963 bits per heavy atom. The van der Waals surface area contributed by atoms with Gasteiger partial charge in [0, 0.05) is 43.8 Å². The molecule has 2 aromatic carbocycles. The van der Waals surface area contributed by atoms with Crippen LogP contribution in [-0.2, 0) is 0 Å². The number of halogens is 1. The van der Waals surface area contributed by atoms with E-state index in [2.05, 4.69) is 13.8 Å². The predicted octanol–water partition coefficient (Wildman–Crippen LogP) is 6.11. The minimum atomic E-state index is -0.0428. The van der Waals surface area contributed by atoms with Crippen molar-refractivity contribution in [1.82, 2.24) is 4.90 Å². The second-order valence-electron chi connectivity index (χ2n) is 6.78. The second-order valence-corrected chi connectivity index (χ2v) is 8.30. The summed E-state index contributed by atoms with van der Waals surface area (Å²) in [5.74, 6) is 0.0133. The Hall–Kier alpha value is -1.91. The van der Waals surface area contributed by atoms with Crippen LogP contribution in [0.5, 0.6) is 0 Å². The maximum absolute atomic E-state index is 13.0. The molecule has 3 nitrogen and oxygen atoms in total. The molecule has 0 saturated carbocycles. The molecular formula is C22H24ClNO2S. The van der Waals surface area contributed by atoms with Crippen LogP contribution in [0, 0.1) is 0 Å². The van der Waals surface area contributed by atoms with Gasteiger partial charge in [-0.25, -0.2) is 0 Å². The average Bonchev–Trinajstić information content (AvgIpc) is 2.67. The van der Waals surface area contributed by atoms with Gasteiger partial charge in [0.2, 0.25) is 0 Å². The van der Waals surface area contributed by atoms with Gasteiger partial charge >= 0.3 is 0 Å². The molecule has 1 amide bonds. The van der Waals surface area contributed by atoms with Gasteiger partial charge in [0.1, 0.15) is 0 Å².